The van der Waals surface area contributed by atoms with Crippen LogP contribution in [0.2, 0.25) is 0 Å². The Hall–Kier alpha value is -9.80. The maximum absolute atomic E-state index is 15.5. The number of nitrogens with zero attached hydrogens (tertiary/aromatic N) is 4. The van der Waals surface area contributed by atoms with Crippen LogP contribution in [0.1, 0.15) is 36.1 Å². The molecule has 15 rings (SSSR count). The summed E-state index contributed by atoms with van der Waals surface area (Å²) in [7, 11) is 0. The second-order valence-corrected chi connectivity index (χ2v) is 21.1. The molecule has 0 aliphatic carbocycles. The van der Waals surface area contributed by atoms with Gasteiger partial charge in [0.2, 0.25) is 0 Å². The SMILES string of the molecule is CCc1c(-c2cccc(C(F)(F)F)c2)c(-n2c3ccccc3c3ccc4c(c5ccccc5n4-c4ccccc4)c32)c(-c2cccc(C(F)(F)F)c2)c(CC)c1-n1c2ccccc2c2ccc3c(c4ccccc4n3-c3ccccc3)c21. The molecule has 0 unspecified atom stereocenters. The number of hydrogen-bond acceptors (Lipinski definition) is 0. The fraction of sp³-hybridized carbons (Fsp3) is 0.0833. The molecule has 0 atom stereocenters. The van der Waals surface area contributed by atoms with Crippen LogP contribution in [-0.2, 0) is 25.2 Å². The normalized spacial score (nSPS) is 12.5. The average Bonchev–Trinajstić information content (AvgIpc) is 1.91. The molecular weight excluding hydrogens is 1030 g/mol. The molecule has 82 heavy (non-hydrogen) atoms. The first-order valence-electron chi connectivity index (χ1n) is 27.5. The fourth-order valence-corrected chi connectivity index (χ4v) is 13.5. The van der Waals surface area contributed by atoms with Crippen molar-refractivity contribution < 1.29 is 26.3 Å². The summed E-state index contributed by atoms with van der Waals surface area (Å²) in [5.74, 6) is 0. The second kappa shape index (κ2) is 18.4. The van der Waals surface area contributed by atoms with Crippen molar-refractivity contribution in [1.29, 1.82) is 0 Å². The minimum Gasteiger partial charge on any atom is -0.309 e. The molecule has 11 aromatic carbocycles. The van der Waals surface area contributed by atoms with Crippen molar-refractivity contribution in [3.8, 4) is 45.0 Å². The minimum atomic E-state index is -4.73. The third-order valence-corrected chi connectivity index (χ3v) is 16.7. The summed E-state index contributed by atoms with van der Waals surface area (Å²) in [6.07, 6.45) is -8.83. The van der Waals surface area contributed by atoms with E-state index in [4.69, 9.17) is 0 Å². The van der Waals surface area contributed by atoms with E-state index >= 15 is 26.3 Å². The Bertz CT molecular complexity index is 5000. The minimum absolute atomic E-state index is 0.273. The Morgan fingerprint density at radius 3 is 1.05 bits per heavy atom. The number of benzene rings is 11. The Kier molecular flexibility index (Phi) is 11.0. The lowest BCUT2D eigenvalue weighted by Crippen LogP contribution is -2.14. The lowest BCUT2D eigenvalue weighted by atomic mass is 9.83. The van der Waals surface area contributed by atoms with E-state index in [9.17, 15) is 0 Å². The highest BCUT2D eigenvalue weighted by Crippen LogP contribution is 2.53. The van der Waals surface area contributed by atoms with Gasteiger partial charge in [0.15, 0.2) is 0 Å². The molecular formula is C72H48F6N4. The molecule has 0 radical (unpaired) electrons. The predicted octanol–water partition coefficient (Wildman–Crippen LogP) is 20.6. The van der Waals surface area contributed by atoms with Gasteiger partial charge in [0.05, 0.1) is 66.6 Å². The zero-order valence-electron chi connectivity index (χ0n) is 44.4. The molecule has 0 fully saturated rings. The number of hydrogen-bond donors (Lipinski definition) is 0. The van der Waals surface area contributed by atoms with Gasteiger partial charge in [0.1, 0.15) is 0 Å². The van der Waals surface area contributed by atoms with Gasteiger partial charge in [0.25, 0.3) is 0 Å². The Labute approximate surface area is 466 Å². The number of halogens is 6. The molecule has 0 amide bonds. The molecule has 0 saturated carbocycles. The Morgan fingerprint density at radius 1 is 0.305 bits per heavy atom. The van der Waals surface area contributed by atoms with Gasteiger partial charge < -0.3 is 18.3 Å². The van der Waals surface area contributed by atoms with Gasteiger partial charge in [-0.3, -0.25) is 0 Å². The molecule has 398 valence electrons. The summed E-state index contributed by atoms with van der Waals surface area (Å²) in [6.45, 7) is 4.07. The van der Waals surface area contributed by atoms with Gasteiger partial charge in [-0.2, -0.15) is 26.3 Å². The van der Waals surface area contributed by atoms with E-state index in [1.54, 1.807) is 12.1 Å². The van der Waals surface area contributed by atoms with Crippen molar-refractivity contribution in [2.45, 2.75) is 39.0 Å². The fourth-order valence-electron chi connectivity index (χ4n) is 13.5. The average molecular weight is 1080 g/mol. The zero-order valence-corrected chi connectivity index (χ0v) is 44.4. The summed E-state index contributed by atoms with van der Waals surface area (Å²) in [5.41, 5.74) is 11.3. The summed E-state index contributed by atoms with van der Waals surface area (Å²) < 4.78 is 102. The molecule has 4 heterocycles. The molecule has 0 aliphatic heterocycles. The molecule has 0 N–H and O–H groups in total. The van der Waals surface area contributed by atoms with Crippen molar-refractivity contribution in [2.75, 3.05) is 0 Å². The summed E-state index contributed by atoms with van der Waals surface area (Å²) in [6, 6.07) is 72.4. The first kappa shape index (κ1) is 49.3. The lowest BCUT2D eigenvalue weighted by Gasteiger charge is -2.30. The Morgan fingerprint density at radius 2 is 0.659 bits per heavy atom. The number of aromatic nitrogens is 4. The highest BCUT2D eigenvalue weighted by Gasteiger charge is 2.36. The predicted molar refractivity (Wildman–Crippen MR) is 323 cm³/mol. The quantitative estimate of drug-likeness (QED) is 0.135. The van der Waals surface area contributed by atoms with E-state index in [1.807, 2.05) is 105 Å². The van der Waals surface area contributed by atoms with Gasteiger partial charge in [0, 0.05) is 65.6 Å². The molecule has 15 aromatic rings. The monoisotopic (exact) mass is 1080 g/mol. The summed E-state index contributed by atoms with van der Waals surface area (Å²) >= 11 is 0. The Balaban J connectivity index is 1.22. The summed E-state index contributed by atoms with van der Waals surface area (Å²) in [4.78, 5) is 0. The van der Waals surface area contributed by atoms with Gasteiger partial charge in [-0.05, 0) is 120 Å². The van der Waals surface area contributed by atoms with Crippen LogP contribution in [0, 0.1) is 0 Å². The maximum atomic E-state index is 15.5. The first-order chi connectivity index (χ1) is 39.9. The van der Waals surface area contributed by atoms with Crippen molar-refractivity contribution in [3.05, 3.63) is 253 Å². The lowest BCUT2D eigenvalue weighted by molar-refractivity contribution is -0.138. The third-order valence-electron chi connectivity index (χ3n) is 16.7. The van der Waals surface area contributed by atoms with Gasteiger partial charge in [-0.25, -0.2) is 0 Å². The molecule has 0 aliphatic rings. The third kappa shape index (κ3) is 7.19. The van der Waals surface area contributed by atoms with E-state index < -0.39 is 23.5 Å². The molecule has 0 saturated heterocycles. The van der Waals surface area contributed by atoms with Crippen LogP contribution in [0.5, 0.6) is 0 Å². The van der Waals surface area contributed by atoms with E-state index in [1.165, 1.54) is 24.3 Å². The highest BCUT2D eigenvalue weighted by molar-refractivity contribution is 6.28. The van der Waals surface area contributed by atoms with Crippen molar-refractivity contribution >= 4 is 87.2 Å². The number of rotatable bonds is 8. The van der Waals surface area contributed by atoms with Crippen LogP contribution in [-0.4, -0.2) is 18.3 Å². The van der Waals surface area contributed by atoms with Crippen LogP contribution in [0.4, 0.5) is 26.3 Å². The van der Waals surface area contributed by atoms with Crippen LogP contribution < -0.4 is 0 Å². The standard InChI is InChI=1S/C72H48F6N4/c1-3-49-63(43-21-19-23-45(41-43)71(73,74)75)70(82-58-34-16-12-30-52(58)54-38-40-62-66(69(54)82)56-32-14-18-36-60(56)80(62)48-27-9-6-10-28-48)64(44-22-20-24-46(42-44)72(76,77)78)50(4-2)67(49)81-57-33-15-11-29-51(57)53-37-39-61-65(68(53)81)55-31-13-17-35-59(55)79(61)47-25-7-5-8-26-47/h5-42H,3-4H2,1-2H3. The highest BCUT2D eigenvalue weighted by atomic mass is 19.4. The van der Waals surface area contributed by atoms with E-state index in [-0.39, 0.29) is 11.1 Å². The molecule has 4 aromatic heterocycles. The number of alkyl halides is 6. The van der Waals surface area contributed by atoms with E-state index in [2.05, 4.69) is 109 Å². The molecule has 0 bridgehead atoms. The van der Waals surface area contributed by atoms with Gasteiger partial charge >= 0.3 is 12.4 Å². The smallest absolute Gasteiger partial charge is 0.309 e. The molecule has 0 spiro atoms. The molecule has 10 heteroatoms. The topological polar surface area (TPSA) is 19.7 Å². The van der Waals surface area contributed by atoms with Crippen molar-refractivity contribution in [1.82, 2.24) is 18.3 Å². The maximum Gasteiger partial charge on any atom is 0.416 e. The van der Waals surface area contributed by atoms with Gasteiger partial charge in [-0.1, -0.05) is 159 Å². The van der Waals surface area contributed by atoms with Crippen LogP contribution >= 0.6 is 0 Å². The molecule has 4 nitrogen and oxygen atoms in total. The van der Waals surface area contributed by atoms with E-state index in [0.29, 0.717) is 35.3 Å². The zero-order chi connectivity index (χ0) is 55.8. The van der Waals surface area contributed by atoms with Crippen molar-refractivity contribution in [3.63, 3.8) is 0 Å². The van der Waals surface area contributed by atoms with Crippen molar-refractivity contribution in [2.24, 2.45) is 0 Å². The number of para-hydroxylation sites is 6. The van der Waals surface area contributed by atoms with Crippen LogP contribution in [0.25, 0.3) is 132 Å². The largest absolute Gasteiger partial charge is 0.416 e. The first-order valence-corrected chi connectivity index (χ1v) is 27.5. The second-order valence-electron chi connectivity index (χ2n) is 21.1. The van der Waals surface area contributed by atoms with Crippen LogP contribution in [0.3, 0.4) is 0 Å². The van der Waals surface area contributed by atoms with E-state index in [0.717, 1.165) is 122 Å². The summed E-state index contributed by atoms with van der Waals surface area (Å²) in [5, 5.41) is 7.43. The van der Waals surface area contributed by atoms with Gasteiger partial charge in [-0.15, -0.1) is 0 Å². The van der Waals surface area contributed by atoms with Crippen LogP contribution in [0.15, 0.2) is 231 Å². The number of fused-ring (bicyclic) bond motifs is 14.